The molecule has 13 heteroatoms. The van der Waals surface area contributed by atoms with Crippen LogP contribution in [0.15, 0.2) is 72.8 Å². The zero-order chi connectivity index (χ0) is 41.9. The van der Waals surface area contributed by atoms with Gasteiger partial charge in [-0.2, -0.15) is 13.2 Å². The highest BCUT2D eigenvalue weighted by atomic mass is 19.4. The number of carbonyl (C=O) groups is 3. The predicted molar refractivity (Wildman–Crippen MR) is 216 cm³/mol. The molecular formula is C46H57F3N4O6. The second-order valence-corrected chi connectivity index (χ2v) is 17.6. The third-order valence-electron chi connectivity index (χ3n) is 12.4. The van der Waals surface area contributed by atoms with Crippen molar-refractivity contribution in [3.05, 3.63) is 95.1 Å². The standard InChI is InChI=1S/C46H57F3N4O6/c1-45(2,3)51-42(56)39-23-22-31-9-5-7-12-37(31)53(39)27-35-25-40(32-16-14-29(28-54)15-17-32)59-43(58-35)33-20-18-30(19-21-33)36-11-6-4-10-34(36)26-50-41(55)38-13-8-24-52(38)44(57)46(47,48)49/h4,6,10-11,14-21,31,35,37-40,43,54H,5,7-9,12-13,22-28H2,1-3H3,(H,50,55)(H,51,56). The number of amides is 3. The van der Waals surface area contributed by atoms with Crippen LogP contribution in [0.3, 0.4) is 0 Å². The van der Waals surface area contributed by atoms with E-state index in [0.717, 1.165) is 59.1 Å². The van der Waals surface area contributed by atoms with E-state index in [9.17, 15) is 32.7 Å². The summed E-state index contributed by atoms with van der Waals surface area (Å²) in [6.45, 7) is 6.54. The summed E-state index contributed by atoms with van der Waals surface area (Å²) < 4.78 is 53.1. The first-order valence-corrected chi connectivity index (χ1v) is 21.1. The van der Waals surface area contributed by atoms with E-state index < -0.39 is 30.3 Å². The molecule has 3 N–H and O–H groups in total. The van der Waals surface area contributed by atoms with Gasteiger partial charge in [-0.15, -0.1) is 0 Å². The summed E-state index contributed by atoms with van der Waals surface area (Å²) in [6, 6.07) is 22.0. The van der Waals surface area contributed by atoms with Gasteiger partial charge in [0.15, 0.2) is 6.29 Å². The van der Waals surface area contributed by atoms with Crippen molar-refractivity contribution in [2.45, 2.75) is 140 Å². The van der Waals surface area contributed by atoms with Gasteiger partial charge in [0.25, 0.3) is 0 Å². The van der Waals surface area contributed by atoms with Crippen LogP contribution < -0.4 is 10.6 Å². The molecule has 10 nitrogen and oxygen atoms in total. The number of aliphatic hydroxyl groups excluding tert-OH is 1. The van der Waals surface area contributed by atoms with Gasteiger partial charge in [0, 0.05) is 43.2 Å². The lowest BCUT2D eigenvalue weighted by Crippen LogP contribution is -2.61. The molecule has 318 valence electrons. The minimum absolute atomic E-state index is 0.0559. The summed E-state index contributed by atoms with van der Waals surface area (Å²) >= 11 is 0. The van der Waals surface area contributed by atoms with Crippen LogP contribution in [0, 0.1) is 5.92 Å². The molecule has 4 aliphatic rings. The van der Waals surface area contributed by atoms with Gasteiger partial charge in [0.1, 0.15) is 6.04 Å². The normalized spacial score (nSPS) is 26.6. The zero-order valence-electron chi connectivity index (χ0n) is 34.2. The molecule has 4 fully saturated rings. The van der Waals surface area contributed by atoms with Crippen LogP contribution in [0.25, 0.3) is 11.1 Å². The first-order chi connectivity index (χ1) is 28.2. The van der Waals surface area contributed by atoms with E-state index in [-0.39, 0.29) is 55.8 Å². The molecule has 3 heterocycles. The Balaban J connectivity index is 1.10. The fraction of sp³-hybridized carbons (Fsp3) is 0.543. The molecule has 3 aromatic carbocycles. The molecule has 0 spiro atoms. The van der Waals surface area contributed by atoms with Crippen LogP contribution in [-0.2, 0) is 37.0 Å². The van der Waals surface area contributed by atoms with Gasteiger partial charge in [0.05, 0.1) is 24.9 Å². The van der Waals surface area contributed by atoms with E-state index in [0.29, 0.717) is 36.2 Å². The molecule has 1 saturated carbocycles. The Kier molecular flexibility index (Phi) is 13.2. The number of alkyl halides is 3. The minimum atomic E-state index is -5.04. The molecule has 3 amide bonds. The summed E-state index contributed by atoms with van der Waals surface area (Å²) in [5, 5.41) is 15.7. The van der Waals surface area contributed by atoms with Crippen LogP contribution in [0.5, 0.6) is 0 Å². The number of hydrogen-bond donors (Lipinski definition) is 3. The maximum absolute atomic E-state index is 13.8. The van der Waals surface area contributed by atoms with Crippen molar-refractivity contribution >= 4 is 17.7 Å². The molecule has 7 atom stereocenters. The maximum Gasteiger partial charge on any atom is 0.471 e. The van der Waals surface area contributed by atoms with Crippen molar-refractivity contribution in [3.8, 4) is 11.1 Å². The number of nitrogens with zero attached hydrogens (tertiary/aromatic N) is 2. The van der Waals surface area contributed by atoms with Crippen LogP contribution in [0.1, 0.15) is 113 Å². The average Bonchev–Trinajstić information content (AvgIpc) is 3.72. The Morgan fingerprint density at radius 2 is 1.51 bits per heavy atom. The Morgan fingerprint density at radius 3 is 2.22 bits per heavy atom. The van der Waals surface area contributed by atoms with E-state index in [1.807, 2.05) is 93.6 Å². The Bertz CT molecular complexity index is 1930. The van der Waals surface area contributed by atoms with E-state index in [1.165, 1.54) is 12.8 Å². The topological polar surface area (TPSA) is 120 Å². The van der Waals surface area contributed by atoms with Crippen molar-refractivity contribution in [1.29, 1.82) is 0 Å². The monoisotopic (exact) mass is 818 g/mol. The number of nitrogens with one attached hydrogen (secondary N) is 2. The maximum atomic E-state index is 13.8. The molecule has 7 unspecified atom stereocenters. The molecule has 3 aromatic rings. The van der Waals surface area contributed by atoms with E-state index in [2.05, 4.69) is 15.5 Å². The van der Waals surface area contributed by atoms with E-state index >= 15 is 0 Å². The lowest BCUT2D eigenvalue weighted by Gasteiger charge is -2.50. The Hall–Kier alpha value is -4.30. The summed E-state index contributed by atoms with van der Waals surface area (Å²) in [7, 11) is 0. The highest BCUT2D eigenvalue weighted by Crippen LogP contribution is 2.42. The van der Waals surface area contributed by atoms with Gasteiger partial charge in [-0.1, -0.05) is 85.6 Å². The Labute approximate surface area is 344 Å². The van der Waals surface area contributed by atoms with Gasteiger partial charge < -0.3 is 30.1 Å². The zero-order valence-corrected chi connectivity index (χ0v) is 34.2. The molecule has 0 radical (unpaired) electrons. The number of likely N-dealkylation sites (tertiary alicyclic amines) is 2. The van der Waals surface area contributed by atoms with Crippen molar-refractivity contribution in [3.63, 3.8) is 0 Å². The minimum Gasteiger partial charge on any atom is -0.392 e. The van der Waals surface area contributed by atoms with Gasteiger partial charge in [-0.05, 0) is 93.0 Å². The summed E-state index contributed by atoms with van der Waals surface area (Å²) in [5.74, 6) is -1.99. The number of fused-ring (bicyclic) bond motifs is 1. The second-order valence-electron chi connectivity index (χ2n) is 17.6. The molecule has 1 aliphatic carbocycles. The predicted octanol–water partition coefficient (Wildman–Crippen LogP) is 7.50. The van der Waals surface area contributed by atoms with Gasteiger partial charge >= 0.3 is 12.1 Å². The van der Waals surface area contributed by atoms with Crippen LogP contribution in [0.4, 0.5) is 13.2 Å². The van der Waals surface area contributed by atoms with Crippen molar-refractivity contribution in [1.82, 2.24) is 20.4 Å². The number of halogens is 3. The van der Waals surface area contributed by atoms with Crippen molar-refractivity contribution in [2.24, 2.45) is 5.92 Å². The summed E-state index contributed by atoms with van der Waals surface area (Å²) in [5.41, 5.74) is 4.72. The van der Waals surface area contributed by atoms with Gasteiger partial charge in [-0.25, -0.2) is 0 Å². The lowest BCUT2D eigenvalue weighted by molar-refractivity contribution is -0.255. The second kappa shape index (κ2) is 18.1. The van der Waals surface area contributed by atoms with Gasteiger partial charge in [0.2, 0.25) is 11.8 Å². The number of rotatable bonds is 10. The lowest BCUT2D eigenvalue weighted by atomic mass is 9.75. The molecule has 3 aliphatic heterocycles. The first kappa shape index (κ1) is 42.8. The highest BCUT2D eigenvalue weighted by Gasteiger charge is 2.48. The average molecular weight is 819 g/mol. The summed E-state index contributed by atoms with van der Waals surface area (Å²) in [6.07, 6.45) is 1.26. The molecule has 3 saturated heterocycles. The highest BCUT2D eigenvalue weighted by molar-refractivity contribution is 5.90. The smallest absolute Gasteiger partial charge is 0.392 e. The summed E-state index contributed by atoms with van der Waals surface area (Å²) in [4.78, 5) is 41.9. The van der Waals surface area contributed by atoms with E-state index in [1.54, 1.807) is 0 Å². The SMILES string of the molecule is CC(C)(C)NC(=O)C1CCC2CCCCC2N1CC1CC(c2ccc(CO)cc2)OC(c2ccc(-c3ccccc3CNC(=O)C3CCCN3C(=O)C(F)(F)F)cc2)O1. The largest absolute Gasteiger partial charge is 0.471 e. The Morgan fingerprint density at radius 1 is 0.797 bits per heavy atom. The van der Waals surface area contributed by atoms with Crippen molar-refractivity contribution in [2.75, 3.05) is 13.1 Å². The van der Waals surface area contributed by atoms with E-state index in [4.69, 9.17) is 9.47 Å². The number of hydrogen-bond acceptors (Lipinski definition) is 7. The third kappa shape index (κ3) is 10.2. The van der Waals surface area contributed by atoms with Crippen LogP contribution >= 0.6 is 0 Å². The molecule has 7 rings (SSSR count). The number of ether oxygens (including phenoxy) is 2. The fourth-order valence-corrected chi connectivity index (χ4v) is 9.52. The molecule has 0 aromatic heterocycles. The fourth-order valence-electron chi connectivity index (χ4n) is 9.52. The number of piperidine rings is 1. The van der Waals surface area contributed by atoms with Crippen molar-refractivity contribution < 1.29 is 42.1 Å². The van der Waals surface area contributed by atoms with Crippen LogP contribution in [0.2, 0.25) is 0 Å². The molecule has 0 bridgehead atoms. The number of aliphatic hydroxyl groups is 1. The number of benzene rings is 3. The molecular weight excluding hydrogens is 762 g/mol. The quantitative estimate of drug-likeness (QED) is 0.194. The first-order valence-electron chi connectivity index (χ1n) is 21.1. The van der Waals surface area contributed by atoms with Crippen LogP contribution in [-0.4, -0.2) is 81.7 Å². The van der Waals surface area contributed by atoms with Gasteiger partial charge in [-0.3, -0.25) is 19.3 Å². The third-order valence-corrected chi connectivity index (χ3v) is 12.4. The number of carbonyl (C=O) groups excluding carboxylic acids is 3. The molecule has 59 heavy (non-hydrogen) atoms.